The van der Waals surface area contributed by atoms with Gasteiger partial charge in [0.05, 0.1) is 0 Å². The van der Waals surface area contributed by atoms with Crippen molar-refractivity contribution in [1.29, 1.82) is 0 Å². The first-order valence-electron chi connectivity index (χ1n) is 4.49. The number of hydrogen-bond donors (Lipinski definition) is 0. The molecule has 0 amide bonds. The van der Waals surface area contributed by atoms with Crippen LogP contribution in [0.2, 0.25) is 0 Å². The van der Waals surface area contributed by atoms with Gasteiger partial charge >= 0.3 is 0 Å². The molecule has 3 heteroatoms. The molecule has 0 fully saturated rings. The quantitative estimate of drug-likeness (QED) is 0.683. The third-order valence-electron chi connectivity index (χ3n) is 2.14. The maximum Gasteiger partial charge on any atom is 0.178 e. The van der Waals surface area contributed by atoms with Crippen molar-refractivity contribution < 1.29 is 0 Å². The van der Waals surface area contributed by atoms with E-state index in [1.807, 2.05) is 26.0 Å². The van der Waals surface area contributed by atoms with Crippen LogP contribution >= 0.6 is 0 Å². The van der Waals surface area contributed by atoms with Gasteiger partial charge in [-0.15, -0.1) is 0 Å². The number of aryl methyl sites for hydroxylation is 2. The summed E-state index contributed by atoms with van der Waals surface area (Å²) in [6, 6.07) is 5.77. The largest absolute Gasteiger partial charge is 0.250 e. The summed E-state index contributed by atoms with van der Waals surface area (Å²) >= 11 is 0. The fourth-order valence-corrected chi connectivity index (χ4v) is 1.19. The first-order valence-corrected chi connectivity index (χ1v) is 4.49. The molecule has 0 aliphatic rings. The molecule has 0 saturated carbocycles. The minimum absolute atomic E-state index is 0.676. The Morgan fingerprint density at radius 2 is 1.71 bits per heavy atom. The summed E-state index contributed by atoms with van der Waals surface area (Å²) in [6.07, 6.45) is 3.44. The van der Waals surface area contributed by atoms with Gasteiger partial charge in [-0.3, -0.25) is 0 Å². The Morgan fingerprint density at radius 3 is 2.36 bits per heavy atom. The van der Waals surface area contributed by atoms with Crippen molar-refractivity contribution in [1.82, 2.24) is 15.0 Å². The van der Waals surface area contributed by atoms with Gasteiger partial charge in [-0.2, -0.15) is 0 Å². The highest BCUT2D eigenvalue weighted by Crippen LogP contribution is 2.13. The molecular formula is C11H11N3. The second-order valence-electron chi connectivity index (χ2n) is 3.17. The van der Waals surface area contributed by atoms with E-state index < -0.39 is 0 Å². The Hall–Kier alpha value is -1.77. The van der Waals surface area contributed by atoms with E-state index in [9.17, 15) is 0 Å². The zero-order valence-electron chi connectivity index (χ0n) is 8.23. The van der Waals surface area contributed by atoms with Gasteiger partial charge < -0.3 is 0 Å². The van der Waals surface area contributed by atoms with E-state index in [1.165, 1.54) is 5.56 Å². The Labute approximate surface area is 82.9 Å². The lowest BCUT2D eigenvalue weighted by Gasteiger charge is -2.02. The lowest BCUT2D eigenvalue weighted by Crippen LogP contribution is -1.93. The van der Waals surface area contributed by atoms with E-state index >= 15 is 0 Å². The fourth-order valence-electron chi connectivity index (χ4n) is 1.19. The first-order chi connectivity index (χ1) is 6.77. The zero-order chi connectivity index (χ0) is 9.97. The molecule has 14 heavy (non-hydrogen) atoms. The average Bonchev–Trinajstić information content (AvgIpc) is 2.23. The molecule has 2 aromatic heterocycles. The van der Waals surface area contributed by atoms with Crippen molar-refractivity contribution in [3.05, 3.63) is 41.9 Å². The van der Waals surface area contributed by atoms with Gasteiger partial charge in [0.25, 0.3) is 0 Å². The van der Waals surface area contributed by atoms with Crippen LogP contribution < -0.4 is 0 Å². The van der Waals surface area contributed by atoms with E-state index in [0.29, 0.717) is 5.82 Å². The smallest absolute Gasteiger partial charge is 0.178 e. The third kappa shape index (κ3) is 1.62. The van der Waals surface area contributed by atoms with E-state index in [4.69, 9.17) is 0 Å². The van der Waals surface area contributed by atoms with E-state index in [2.05, 4.69) is 15.0 Å². The second kappa shape index (κ2) is 3.54. The highest BCUT2D eigenvalue weighted by molar-refractivity contribution is 5.49. The molecule has 0 saturated heterocycles. The maximum atomic E-state index is 4.42. The second-order valence-corrected chi connectivity index (χ2v) is 3.17. The molecule has 0 bridgehead atoms. The maximum absolute atomic E-state index is 4.42. The number of aromatic nitrogens is 3. The molecule has 2 heterocycles. The van der Waals surface area contributed by atoms with Crippen LogP contribution in [-0.2, 0) is 0 Å². The first kappa shape index (κ1) is 8.81. The topological polar surface area (TPSA) is 38.7 Å². The predicted octanol–water partition coefficient (Wildman–Crippen LogP) is 2.16. The van der Waals surface area contributed by atoms with E-state index in [0.717, 1.165) is 11.4 Å². The molecular weight excluding hydrogens is 174 g/mol. The minimum atomic E-state index is 0.676. The van der Waals surface area contributed by atoms with Crippen LogP contribution in [0.5, 0.6) is 0 Å². The Bertz CT molecular complexity index is 438. The van der Waals surface area contributed by atoms with E-state index in [-0.39, 0.29) is 0 Å². The van der Waals surface area contributed by atoms with Gasteiger partial charge in [0.1, 0.15) is 5.69 Å². The standard InChI is InChI=1S/C11H11N3/c1-8-4-5-10(14-9(8)2)11-12-6-3-7-13-11/h3-7H,1-2H3. The molecule has 0 unspecified atom stereocenters. The summed E-state index contributed by atoms with van der Waals surface area (Å²) in [6.45, 7) is 4.03. The molecule has 2 rings (SSSR count). The molecule has 0 atom stereocenters. The van der Waals surface area contributed by atoms with E-state index in [1.54, 1.807) is 18.5 Å². The third-order valence-corrected chi connectivity index (χ3v) is 2.14. The van der Waals surface area contributed by atoms with Crippen molar-refractivity contribution >= 4 is 0 Å². The Balaban J connectivity index is 2.48. The van der Waals surface area contributed by atoms with Crippen LogP contribution in [0.25, 0.3) is 11.5 Å². The highest BCUT2D eigenvalue weighted by Gasteiger charge is 2.02. The lowest BCUT2D eigenvalue weighted by molar-refractivity contribution is 1.09. The van der Waals surface area contributed by atoms with Crippen molar-refractivity contribution in [3.63, 3.8) is 0 Å². The van der Waals surface area contributed by atoms with Gasteiger partial charge in [0, 0.05) is 18.1 Å². The zero-order valence-corrected chi connectivity index (χ0v) is 8.23. The van der Waals surface area contributed by atoms with Crippen LogP contribution in [0.3, 0.4) is 0 Å². The summed E-state index contributed by atoms with van der Waals surface area (Å²) in [5.41, 5.74) is 3.04. The summed E-state index contributed by atoms with van der Waals surface area (Å²) in [7, 11) is 0. The molecule has 0 spiro atoms. The van der Waals surface area contributed by atoms with Crippen LogP contribution in [-0.4, -0.2) is 15.0 Å². The molecule has 0 N–H and O–H groups in total. The molecule has 70 valence electrons. The predicted molar refractivity (Wildman–Crippen MR) is 54.7 cm³/mol. The SMILES string of the molecule is Cc1ccc(-c2ncccn2)nc1C. The van der Waals surface area contributed by atoms with Gasteiger partial charge in [0.15, 0.2) is 5.82 Å². The number of rotatable bonds is 1. The molecule has 0 radical (unpaired) electrons. The molecule has 2 aromatic rings. The number of hydrogen-bond acceptors (Lipinski definition) is 3. The monoisotopic (exact) mass is 185 g/mol. The Kier molecular flexibility index (Phi) is 2.23. The summed E-state index contributed by atoms with van der Waals surface area (Å²) in [4.78, 5) is 12.7. The van der Waals surface area contributed by atoms with Gasteiger partial charge in [-0.1, -0.05) is 6.07 Å². The van der Waals surface area contributed by atoms with Crippen LogP contribution in [0, 0.1) is 13.8 Å². The van der Waals surface area contributed by atoms with Crippen molar-refractivity contribution in [2.24, 2.45) is 0 Å². The summed E-state index contributed by atoms with van der Waals surface area (Å²) in [5, 5.41) is 0. The summed E-state index contributed by atoms with van der Waals surface area (Å²) in [5.74, 6) is 0.676. The Morgan fingerprint density at radius 1 is 1.00 bits per heavy atom. The normalized spacial score (nSPS) is 10.1. The van der Waals surface area contributed by atoms with Crippen molar-refractivity contribution in [2.75, 3.05) is 0 Å². The number of pyridine rings is 1. The molecule has 0 aliphatic carbocycles. The summed E-state index contributed by atoms with van der Waals surface area (Å²) < 4.78 is 0. The van der Waals surface area contributed by atoms with Gasteiger partial charge in [0.2, 0.25) is 0 Å². The van der Waals surface area contributed by atoms with Crippen molar-refractivity contribution in [2.45, 2.75) is 13.8 Å². The van der Waals surface area contributed by atoms with Gasteiger partial charge in [-0.05, 0) is 31.5 Å². The minimum Gasteiger partial charge on any atom is -0.250 e. The van der Waals surface area contributed by atoms with Crippen molar-refractivity contribution in [3.8, 4) is 11.5 Å². The van der Waals surface area contributed by atoms with Crippen LogP contribution in [0.1, 0.15) is 11.3 Å². The number of nitrogens with zero attached hydrogens (tertiary/aromatic N) is 3. The fraction of sp³-hybridized carbons (Fsp3) is 0.182. The van der Waals surface area contributed by atoms with Crippen LogP contribution in [0.15, 0.2) is 30.6 Å². The molecule has 0 aromatic carbocycles. The highest BCUT2D eigenvalue weighted by atomic mass is 14.9. The van der Waals surface area contributed by atoms with Crippen LogP contribution in [0.4, 0.5) is 0 Å². The lowest BCUT2D eigenvalue weighted by atomic mass is 10.2. The molecule has 0 aliphatic heterocycles. The van der Waals surface area contributed by atoms with Gasteiger partial charge in [-0.25, -0.2) is 15.0 Å². The molecule has 3 nitrogen and oxygen atoms in total. The average molecular weight is 185 g/mol.